The van der Waals surface area contributed by atoms with Crippen LogP contribution in [0.4, 0.5) is 11.6 Å². The Morgan fingerprint density at radius 2 is 1.45 bits per heavy atom. The van der Waals surface area contributed by atoms with Crippen molar-refractivity contribution in [2.24, 2.45) is 0 Å². The number of anilines is 2. The Kier molecular flexibility index (Phi) is 5.93. The van der Waals surface area contributed by atoms with E-state index in [-0.39, 0.29) is 11.6 Å². The standard InChI is InChI=1S/C28H24N4O/c33-26-19-17-23-20-29-28(30-24-14-8-3-9-15-24)31-27(23)32(26)25(22-12-6-2-7-13-22)18-16-21-10-4-1-5-11-21/h1-15,17,19-20,25H,16,18H2,(H,29,30,31). The first-order valence-electron chi connectivity index (χ1n) is 11.1. The predicted octanol–water partition coefficient (Wildman–Crippen LogP) is 5.76. The molecule has 1 atom stereocenters. The predicted molar refractivity (Wildman–Crippen MR) is 133 cm³/mol. The largest absolute Gasteiger partial charge is 0.324 e. The molecule has 162 valence electrons. The van der Waals surface area contributed by atoms with Crippen molar-refractivity contribution in [2.45, 2.75) is 18.9 Å². The molecule has 5 rings (SSSR count). The maximum absolute atomic E-state index is 13.2. The molecule has 0 saturated carbocycles. The highest BCUT2D eigenvalue weighted by Gasteiger charge is 2.19. The van der Waals surface area contributed by atoms with Crippen molar-refractivity contribution in [1.82, 2.24) is 14.5 Å². The van der Waals surface area contributed by atoms with Gasteiger partial charge in [0, 0.05) is 23.3 Å². The fourth-order valence-corrected chi connectivity index (χ4v) is 4.12. The molecule has 2 aromatic heterocycles. The summed E-state index contributed by atoms with van der Waals surface area (Å²) in [5, 5.41) is 4.07. The molecular weight excluding hydrogens is 408 g/mol. The van der Waals surface area contributed by atoms with Gasteiger partial charge in [-0.2, -0.15) is 4.98 Å². The topological polar surface area (TPSA) is 59.8 Å². The van der Waals surface area contributed by atoms with Gasteiger partial charge < -0.3 is 5.32 Å². The molecule has 0 spiro atoms. The van der Waals surface area contributed by atoms with Crippen LogP contribution in [0.3, 0.4) is 0 Å². The van der Waals surface area contributed by atoms with E-state index in [1.54, 1.807) is 18.3 Å². The fraction of sp³-hybridized carbons (Fsp3) is 0.107. The number of pyridine rings is 1. The molecule has 33 heavy (non-hydrogen) atoms. The average molecular weight is 433 g/mol. The minimum Gasteiger partial charge on any atom is -0.324 e. The smallest absolute Gasteiger partial charge is 0.252 e. The van der Waals surface area contributed by atoms with E-state index in [0.29, 0.717) is 11.6 Å². The van der Waals surface area contributed by atoms with Crippen LogP contribution in [0.5, 0.6) is 0 Å². The van der Waals surface area contributed by atoms with Gasteiger partial charge in [0.05, 0.1) is 6.04 Å². The highest BCUT2D eigenvalue weighted by Crippen LogP contribution is 2.26. The lowest BCUT2D eigenvalue weighted by atomic mass is 9.98. The van der Waals surface area contributed by atoms with Gasteiger partial charge in [-0.3, -0.25) is 9.36 Å². The van der Waals surface area contributed by atoms with Gasteiger partial charge in [0.25, 0.3) is 5.56 Å². The molecule has 0 aliphatic rings. The third-order valence-corrected chi connectivity index (χ3v) is 5.74. The summed E-state index contributed by atoms with van der Waals surface area (Å²) in [6, 6.07) is 33.6. The Morgan fingerprint density at radius 1 is 0.788 bits per heavy atom. The summed E-state index contributed by atoms with van der Waals surface area (Å²) in [7, 11) is 0. The van der Waals surface area contributed by atoms with Gasteiger partial charge in [-0.25, -0.2) is 4.98 Å². The highest BCUT2D eigenvalue weighted by molar-refractivity contribution is 5.76. The summed E-state index contributed by atoms with van der Waals surface area (Å²) in [6.45, 7) is 0. The van der Waals surface area contributed by atoms with Gasteiger partial charge >= 0.3 is 0 Å². The molecule has 0 fully saturated rings. The van der Waals surface area contributed by atoms with Crippen molar-refractivity contribution in [2.75, 3.05) is 5.32 Å². The number of nitrogens with one attached hydrogen (secondary N) is 1. The van der Waals surface area contributed by atoms with Gasteiger partial charge in [0.15, 0.2) is 0 Å². The van der Waals surface area contributed by atoms with Gasteiger partial charge in [-0.05, 0) is 42.2 Å². The third-order valence-electron chi connectivity index (χ3n) is 5.74. The van der Waals surface area contributed by atoms with E-state index < -0.39 is 0 Å². The van der Waals surface area contributed by atoms with Crippen LogP contribution in [-0.4, -0.2) is 14.5 Å². The van der Waals surface area contributed by atoms with Crippen LogP contribution < -0.4 is 10.9 Å². The van der Waals surface area contributed by atoms with Gasteiger partial charge in [-0.15, -0.1) is 0 Å². The van der Waals surface area contributed by atoms with Crippen molar-refractivity contribution in [3.8, 4) is 0 Å². The lowest BCUT2D eigenvalue weighted by molar-refractivity contribution is 0.537. The van der Waals surface area contributed by atoms with Crippen molar-refractivity contribution in [3.63, 3.8) is 0 Å². The number of rotatable bonds is 7. The van der Waals surface area contributed by atoms with E-state index in [9.17, 15) is 4.79 Å². The molecule has 0 saturated heterocycles. The molecule has 5 aromatic rings. The second-order valence-electron chi connectivity index (χ2n) is 7.96. The van der Waals surface area contributed by atoms with Crippen molar-refractivity contribution < 1.29 is 0 Å². The zero-order valence-electron chi connectivity index (χ0n) is 18.1. The van der Waals surface area contributed by atoms with Gasteiger partial charge in [-0.1, -0.05) is 78.9 Å². The van der Waals surface area contributed by atoms with Crippen LogP contribution in [0, 0.1) is 0 Å². The Bertz CT molecular complexity index is 1400. The molecule has 2 heterocycles. The molecule has 0 aliphatic heterocycles. The maximum Gasteiger partial charge on any atom is 0.252 e. The monoisotopic (exact) mass is 432 g/mol. The van der Waals surface area contributed by atoms with Crippen LogP contribution in [0.2, 0.25) is 0 Å². The first kappa shape index (κ1) is 20.6. The second-order valence-corrected chi connectivity index (χ2v) is 7.96. The molecular formula is C28H24N4O. The summed E-state index contributed by atoms with van der Waals surface area (Å²) in [5.41, 5.74) is 3.77. The number of aryl methyl sites for hydroxylation is 1. The number of para-hydroxylation sites is 1. The molecule has 5 heteroatoms. The van der Waals surface area contributed by atoms with Crippen LogP contribution in [0.1, 0.15) is 23.6 Å². The first-order chi connectivity index (χ1) is 16.3. The summed E-state index contributed by atoms with van der Waals surface area (Å²) in [6.07, 6.45) is 3.39. The first-order valence-corrected chi connectivity index (χ1v) is 11.1. The number of hydrogen-bond acceptors (Lipinski definition) is 4. The average Bonchev–Trinajstić information content (AvgIpc) is 2.87. The van der Waals surface area contributed by atoms with Crippen LogP contribution in [0.25, 0.3) is 11.0 Å². The van der Waals surface area contributed by atoms with E-state index >= 15 is 0 Å². The number of nitrogens with zero attached hydrogens (tertiary/aromatic N) is 3. The maximum atomic E-state index is 13.2. The fourth-order valence-electron chi connectivity index (χ4n) is 4.12. The highest BCUT2D eigenvalue weighted by atomic mass is 16.1. The Labute approximate surface area is 192 Å². The molecule has 0 aliphatic carbocycles. The third kappa shape index (κ3) is 4.67. The molecule has 5 nitrogen and oxygen atoms in total. The summed E-state index contributed by atoms with van der Waals surface area (Å²) in [5.74, 6) is 0.461. The Morgan fingerprint density at radius 3 is 2.18 bits per heavy atom. The summed E-state index contributed by atoms with van der Waals surface area (Å²) in [4.78, 5) is 22.4. The number of fused-ring (bicyclic) bond motifs is 1. The number of aromatic nitrogens is 3. The van der Waals surface area contributed by atoms with E-state index in [0.717, 1.165) is 29.5 Å². The molecule has 1 N–H and O–H groups in total. The van der Waals surface area contributed by atoms with Crippen LogP contribution >= 0.6 is 0 Å². The molecule has 0 radical (unpaired) electrons. The minimum absolute atomic E-state index is 0.0752. The van der Waals surface area contributed by atoms with Crippen molar-refractivity contribution >= 4 is 22.7 Å². The lowest BCUT2D eigenvalue weighted by Gasteiger charge is -2.22. The number of hydrogen-bond donors (Lipinski definition) is 1. The second kappa shape index (κ2) is 9.49. The lowest BCUT2D eigenvalue weighted by Crippen LogP contribution is -2.26. The van der Waals surface area contributed by atoms with Crippen molar-refractivity contribution in [1.29, 1.82) is 0 Å². The molecule has 1 unspecified atom stereocenters. The molecule has 0 amide bonds. The zero-order chi connectivity index (χ0) is 22.5. The SMILES string of the molecule is O=c1ccc2cnc(Nc3ccccc3)nc2n1C(CCc1ccccc1)c1ccccc1. The van der Waals surface area contributed by atoms with E-state index in [2.05, 4.69) is 34.6 Å². The quantitative estimate of drug-likeness (QED) is 0.355. The molecule has 3 aromatic carbocycles. The van der Waals surface area contributed by atoms with E-state index in [1.807, 2.05) is 71.3 Å². The Balaban J connectivity index is 1.59. The normalized spacial score (nSPS) is 11.9. The summed E-state index contributed by atoms with van der Waals surface area (Å²) >= 11 is 0. The van der Waals surface area contributed by atoms with Crippen LogP contribution in [0.15, 0.2) is 114 Å². The van der Waals surface area contributed by atoms with Crippen LogP contribution in [-0.2, 0) is 6.42 Å². The molecule has 0 bridgehead atoms. The number of benzene rings is 3. The van der Waals surface area contributed by atoms with E-state index in [4.69, 9.17) is 4.98 Å². The minimum atomic E-state index is -0.151. The van der Waals surface area contributed by atoms with Crippen molar-refractivity contribution in [3.05, 3.63) is 131 Å². The summed E-state index contributed by atoms with van der Waals surface area (Å²) < 4.78 is 1.81. The van der Waals surface area contributed by atoms with E-state index in [1.165, 1.54) is 5.56 Å². The Hall–Kier alpha value is -4.25. The van der Waals surface area contributed by atoms with Gasteiger partial charge in [0.2, 0.25) is 5.95 Å². The zero-order valence-corrected chi connectivity index (χ0v) is 18.1. The van der Waals surface area contributed by atoms with Gasteiger partial charge in [0.1, 0.15) is 5.65 Å².